The number of H-pyrrole nitrogens is 1. The molecule has 2 fully saturated rings. The van der Waals surface area contributed by atoms with E-state index < -0.39 is 9.84 Å². The van der Waals surface area contributed by atoms with Crippen molar-refractivity contribution in [1.29, 1.82) is 0 Å². The first-order valence-corrected chi connectivity index (χ1v) is 9.33. The number of aromatic nitrogens is 3. The summed E-state index contributed by atoms with van der Waals surface area (Å²) in [5.74, 6) is 3.30. The van der Waals surface area contributed by atoms with Gasteiger partial charge in [-0.2, -0.15) is 4.98 Å². The molecule has 2 aromatic rings. The second-order valence-electron chi connectivity index (χ2n) is 6.34. The van der Waals surface area contributed by atoms with Crippen LogP contribution in [-0.4, -0.2) is 42.9 Å². The number of piperidine rings is 1. The van der Waals surface area contributed by atoms with E-state index in [2.05, 4.69) is 20.1 Å². The highest BCUT2D eigenvalue weighted by Crippen LogP contribution is 2.45. The monoisotopic (exact) mass is 318 g/mol. The first kappa shape index (κ1) is 13.8. The van der Waals surface area contributed by atoms with Crippen molar-refractivity contribution < 1.29 is 8.42 Å². The van der Waals surface area contributed by atoms with E-state index in [1.54, 1.807) is 12.1 Å². The van der Waals surface area contributed by atoms with Gasteiger partial charge in [0.15, 0.2) is 9.84 Å². The van der Waals surface area contributed by atoms with Crippen LogP contribution in [0.4, 0.5) is 5.95 Å². The molecule has 4 rings (SSSR count). The molecule has 2 unspecified atom stereocenters. The third-order valence-electron chi connectivity index (χ3n) is 4.50. The summed E-state index contributed by atoms with van der Waals surface area (Å²) in [4.78, 5) is 7.14. The first-order valence-electron chi connectivity index (χ1n) is 7.44. The van der Waals surface area contributed by atoms with E-state index >= 15 is 0 Å². The van der Waals surface area contributed by atoms with Gasteiger partial charge in [0, 0.05) is 25.8 Å². The zero-order valence-corrected chi connectivity index (χ0v) is 13.2. The standard InChI is InChI=1S/C15H18N4O2S/c1-22(20,21)13-4-2-10(3-5-13)6-14-16-15(18-17-14)19-8-11-7-12(11)9-19/h2-5,11-12H,6-9H2,1H3,(H,16,17,18). The van der Waals surface area contributed by atoms with Gasteiger partial charge in [0.05, 0.1) is 4.90 Å². The Kier molecular flexibility index (Phi) is 3.00. The number of nitrogens with zero attached hydrogens (tertiary/aromatic N) is 3. The smallest absolute Gasteiger partial charge is 0.244 e. The molecule has 1 aromatic carbocycles. The van der Waals surface area contributed by atoms with Crippen molar-refractivity contribution >= 4 is 15.8 Å². The number of rotatable bonds is 4. The van der Waals surface area contributed by atoms with Crippen LogP contribution >= 0.6 is 0 Å². The molecule has 6 nitrogen and oxygen atoms in total. The topological polar surface area (TPSA) is 79.0 Å². The summed E-state index contributed by atoms with van der Waals surface area (Å²) in [6.45, 7) is 2.15. The molecule has 1 aromatic heterocycles. The zero-order chi connectivity index (χ0) is 15.3. The average molecular weight is 318 g/mol. The number of aromatic amines is 1. The molecule has 0 amide bonds. The van der Waals surface area contributed by atoms with Crippen molar-refractivity contribution in [2.24, 2.45) is 11.8 Å². The number of fused-ring (bicyclic) bond motifs is 1. The Morgan fingerprint density at radius 3 is 2.55 bits per heavy atom. The highest BCUT2D eigenvalue weighted by atomic mass is 32.2. The SMILES string of the molecule is CS(=O)(=O)c1ccc(Cc2nc(N3CC4CC4C3)n[nH]2)cc1. The van der Waals surface area contributed by atoms with Crippen molar-refractivity contribution in [3.8, 4) is 0 Å². The highest BCUT2D eigenvalue weighted by Gasteiger charge is 2.46. The molecular weight excluding hydrogens is 300 g/mol. The molecule has 1 saturated heterocycles. The lowest BCUT2D eigenvalue weighted by Gasteiger charge is -2.14. The number of sulfone groups is 1. The van der Waals surface area contributed by atoms with Crippen LogP contribution in [0.25, 0.3) is 0 Å². The van der Waals surface area contributed by atoms with Crippen molar-refractivity contribution in [3.05, 3.63) is 35.7 Å². The third-order valence-corrected chi connectivity index (χ3v) is 5.63. The summed E-state index contributed by atoms with van der Waals surface area (Å²) in [5, 5.41) is 7.28. The van der Waals surface area contributed by atoms with Gasteiger partial charge in [-0.15, -0.1) is 5.10 Å². The largest absolute Gasteiger partial charge is 0.339 e. The van der Waals surface area contributed by atoms with E-state index in [0.29, 0.717) is 11.3 Å². The maximum atomic E-state index is 11.4. The minimum absolute atomic E-state index is 0.339. The van der Waals surface area contributed by atoms with Crippen LogP contribution in [0.1, 0.15) is 17.8 Å². The number of hydrogen-bond donors (Lipinski definition) is 1. The second kappa shape index (κ2) is 4.81. The lowest BCUT2D eigenvalue weighted by Crippen LogP contribution is -2.22. The molecule has 0 bridgehead atoms. The Morgan fingerprint density at radius 2 is 1.91 bits per heavy atom. The van der Waals surface area contributed by atoms with Crippen molar-refractivity contribution in [2.45, 2.75) is 17.7 Å². The number of anilines is 1. The van der Waals surface area contributed by atoms with Crippen LogP contribution in [-0.2, 0) is 16.3 Å². The molecule has 2 aliphatic rings. The van der Waals surface area contributed by atoms with E-state index in [1.165, 1.54) is 12.7 Å². The lowest BCUT2D eigenvalue weighted by molar-refractivity contribution is 0.602. The number of nitrogens with one attached hydrogen (secondary N) is 1. The quantitative estimate of drug-likeness (QED) is 0.918. The molecule has 1 aliphatic carbocycles. The Morgan fingerprint density at radius 1 is 1.23 bits per heavy atom. The maximum Gasteiger partial charge on any atom is 0.244 e. The Balaban J connectivity index is 1.46. The minimum Gasteiger partial charge on any atom is -0.339 e. The van der Waals surface area contributed by atoms with Gasteiger partial charge in [0.1, 0.15) is 5.82 Å². The van der Waals surface area contributed by atoms with Crippen LogP contribution in [0.15, 0.2) is 29.2 Å². The second-order valence-corrected chi connectivity index (χ2v) is 8.35. The summed E-state index contributed by atoms with van der Waals surface area (Å²) < 4.78 is 22.9. The van der Waals surface area contributed by atoms with Crippen LogP contribution in [0.3, 0.4) is 0 Å². The van der Waals surface area contributed by atoms with Gasteiger partial charge < -0.3 is 4.90 Å². The summed E-state index contributed by atoms with van der Waals surface area (Å²) in [6, 6.07) is 6.92. The van der Waals surface area contributed by atoms with Crippen molar-refractivity contribution in [1.82, 2.24) is 15.2 Å². The molecule has 1 saturated carbocycles. The average Bonchev–Trinajstić information content (AvgIpc) is 2.88. The van der Waals surface area contributed by atoms with Crippen LogP contribution in [0, 0.1) is 11.8 Å². The number of benzene rings is 1. The highest BCUT2D eigenvalue weighted by molar-refractivity contribution is 7.90. The van der Waals surface area contributed by atoms with E-state index in [1.807, 2.05) is 12.1 Å². The molecule has 116 valence electrons. The molecule has 1 N–H and O–H groups in total. The van der Waals surface area contributed by atoms with Crippen LogP contribution in [0.2, 0.25) is 0 Å². The molecular formula is C15H18N4O2S. The maximum absolute atomic E-state index is 11.4. The van der Waals surface area contributed by atoms with E-state index in [9.17, 15) is 8.42 Å². The van der Waals surface area contributed by atoms with Gasteiger partial charge in [-0.25, -0.2) is 8.42 Å². The molecule has 7 heteroatoms. The fraction of sp³-hybridized carbons (Fsp3) is 0.467. The van der Waals surface area contributed by atoms with E-state index in [-0.39, 0.29) is 0 Å². The van der Waals surface area contributed by atoms with E-state index in [4.69, 9.17) is 0 Å². The molecule has 22 heavy (non-hydrogen) atoms. The minimum atomic E-state index is -3.14. The molecule has 0 spiro atoms. The molecule has 2 atom stereocenters. The van der Waals surface area contributed by atoms with E-state index in [0.717, 1.165) is 42.3 Å². The van der Waals surface area contributed by atoms with Gasteiger partial charge >= 0.3 is 0 Å². The predicted molar refractivity (Wildman–Crippen MR) is 82.6 cm³/mol. The molecule has 0 radical (unpaired) electrons. The summed E-state index contributed by atoms with van der Waals surface area (Å²) in [5.41, 5.74) is 1.01. The molecule has 1 aliphatic heterocycles. The summed E-state index contributed by atoms with van der Waals surface area (Å²) in [6.07, 6.45) is 3.20. The fourth-order valence-electron chi connectivity index (χ4n) is 3.12. The van der Waals surface area contributed by atoms with Gasteiger partial charge in [-0.1, -0.05) is 12.1 Å². The Hall–Kier alpha value is -1.89. The number of hydrogen-bond acceptors (Lipinski definition) is 5. The lowest BCUT2D eigenvalue weighted by atomic mass is 10.1. The Labute approximate surface area is 129 Å². The van der Waals surface area contributed by atoms with Crippen LogP contribution < -0.4 is 4.90 Å². The van der Waals surface area contributed by atoms with Gasteiger partial charge in [-0.3, -0.25) is 5.10 Å². The van der Waals surface area contributed by atoms with Gasteiger partial charge in [0.25, 0.3) is 0 Å². The van der Waals surface area contributed by atoms with Crippen LogP contribution in [0.5, 0.6) is 0 Å². The molecule has 2 heterocycles. The summed E-state index contributed by atoms with van der Waals surface area (Å²) >= 11 is 0. The van der Waals surface area contributed by atoms with Gasteiger partial charge in [0.2, 0.25) is 5.95 Å². The van der Waals surface area contributed by atoms with Gasteiger partial charge in [-0.05, 0) is 36.0 Å². The summed E-state index contributed by atoms with van der Waals surface area (Å²) in [7, 11) is -3.14. The van der Waals surface area contributed by atoms with Crippen molar-refractivity contribution in [3.63, 3.8) is 0 Å². The predicted octanol–water partition coefficient (Wildman–Crippen LogP) is 1.26. The third kappa shape index (κ3) is 2.61. The Bertz CT molecular complexity index is 787. The van der Waals surface area contributed by atoms with Crippen molar-refractivity contribution in [2.75, 3.05) is 24.2 Å². The normalized spacial score (nSPS) is 23.6. The zero-order valence-electron chi connectivity index (χ0n) is 12.4. The first-order chi connectivity index (χ1) is 10.5. The fourth-order valence-corrected chi connectivity index (χ4v) is 3.75.